The van der Waals surface area contributed by atoms with Crippen molar-refractivity contribution in [2.45, 2.75) is 6.18 Å². The van der Waals surface area contributed by atoms with Crippen molar-refractivity contribution in [3.05, 3.63) is 59.7 Å². The molecular formula is C14H7F5O3. The molecule has 0 aliphatic carbocycles. The number of carbonyl (C=O) groups excluding carboxylic acids is 1. The van der Waals surface area contributed by atoms with Crippen LogP contribution in [0.1, 0.15) is 5.56 Å². The summed E-state index contributed by atoms with van der Waals surface area (Å²) in [5.74, 6) is -3.56. The summed E-state index contributed by atoms with van der Waals surface area (Å²) in [5, 5.41) is 0. The molecule has 0 bridgehead atoms. The van der Waals surface area contributed by atoms with Crippen LogP contribution in [0.2, 0.25) is 0 Å². The molecule has 0 amide bonds. The molecule has 2 aromatic rings. The highest BCUT2D eigenvalue weighted by atomic mass is 19.4. The van der Waals surface area contributed by atoms with Crippen molar-refractivity contribution >= 4 is 6.16 Å². The first-order valence-corrected chi connectivity index (χ1v) is 5.78. The molecule has 0 unspecified atom stereocenters. The van der Waals surface area contributed by atoms with Crippen LogP contribution in [0.4, 0.5) is 26.7 Å². The average molecular weight is 318 g/mol. The Morgan fingerprint density at radius 1 is 0.909 bits per heavy atom. The first kappa shape index (κ1) is 15.7. The molecule has 0 fully saturated rings. The summed E-state index contributed by atoms with van der Waals surface area (Å²) in [6.07, 6.45) is -6.32. The minimum absolute atomic E-state index is 0.451. The van der Waals surface area contributed by atoms with Crippen LogP contribution < -0.4 is 9.47 Å². The van der Waals surface area contributed by atoms with Crippen LogP contribution >= 0.6 is 0 Å². The summed E-state index contributed by atoms with van der Waals surface area (Å²) >= 11 is 0. The highest BCUT2D eigenvalue weighted by Gasteiger charge is 2.34. The fraction of sp³-hybridized carbons (Fsp3) is 0.0714. The number of para-hydroxylation sites is 1. The van der Waals surface area contributed by atoms with E-state index in [1.165, 1.54) is 6.07 Å². The Labute approximate surface area is 120 Å². The first-order valence-electron chi connectivity index (χ1n) is 5.78. The summed E-state index contributed by atoms with van der Waals surface area (Å²) < 4.78 is 72.9. The quantitative estimate of drug-likeness (QED) is 0.462. The molecule has 0 saturated heterocycles. The van der Waals surface area contributed by atoms with Gasteiger partial charge in [-0.1, -0.05) is 12.1 Å². The molecule has 0 atom stereocenters. The standard InChI is InChI=1S/C14H7F5O3/c15-8-5-6-12(10(16)7-8)22-13(20)21-11-4-2-1-3-9(11)14(17,18)19/h1-7H. The van der Waals surface area contributed by atoms with Crippen molar-refractivity contribution in [3.63, 3.8) is 0 Å². The zero-order chi connectivity index (χ0) is 16.3. The smallest absolute Gasteiger partial charge is 0.394 e. The highest BCUT2D eigenvalue weighted by Crippen LogP contribution is 2.36. The van der Waals surface area contributed by atoms with Crippen LogP contribution in [0.25, 0.3) is 0 Å². The molecule has 22 heavy (non-hydrogen) atoms. The van der Waals surface area contributed by atoms with Crippen molar-refractivity contribution in [3.8, 4) is 11.5 Å². The van der Waals surface area contributed by atoms with Gasteiger partial charge in [-0.05, 0) is 24.3 Å². The van der Waals surface area contributed by atoms with Crippen molar-refractivity contribution in [1.29, 1.82) is 0 Å². The lowest BCUT2D eigenvalue weighted by molar-refractivity contribution is -0.138. The Hall–Kier alpha value is -2.64. The zero-order valence-electron chi connectivity index (χ0n) is 10.7. The molecule has 0 aromatic heterocycles. The summed E-state index contributed by atoms with van der Waals surface area (Å²) in [6, 6.07) is 6.02. The summed E-state index contributed by atoms with van der Waals surface area (Å²) in [6.45, 7) is 0. The Bertz CT molecular complexity index is 697. The van der Waals surface area contributed by atoms with Gasteiger partial charge in [-0.15, -0.1) is 0 Å². The van der Waals surface area contributed by atoms with Gasteiger partial charge >= 0.3 is 12.3 Å². The first-order chi connectivity index (χ1) is 10.3. The van der Waals surface area contributed by atoms with Gasteiger partial charge in [0, 0.05) is 6.07 Å². The maximum absolute atomic E-state index is 13.3. The minimum atomic E-state index is -4.74. The third-order valence-electron chi connectivity index (χ3n) is 2.47. The van der Waals surface area contributed by atoms with E-state index in [9.17, 15) is 26.7 Å². The van der Waals surface area contributed by atoms with E-state index in [0.29, 0.717) is 12.1 Å². The van der Waals surface area contributed by atoms with E-state index >= 15 is 0 Å². The Balaban J connectivity index is 2.16. The van der Waals surface area contributed by atoms with E-state index < -0.39 is 41.0 Å². The van der Waals surface area contributed by atoms with Crippen molar-refractivity contribution in [1.82, 2.24) is 0 Å². The Morgan fingerprint density at radius 2 is 1.55 bits per heavy atom. The topological polar surface area (TPSA) is 35.5 Å². The van der Waals surface area contributed by atoms with Crippen LogP contribution in [-0.4, -0.2) is 6.16 Å². The van der Waals surface area contributed by atoms with Crippen molar-refractivity contribution in [2.24, 2.45) is 0 Å². The van der Waals surface area contributed by atoms with Crippen LogP contribution in [0.3, 0.4) is 0 Å². The molecule has 0 aliphatic heterocycles. The number of alkyl halides is 3. The number of halogens is 5. The number of hydrogen-bond acceptors (Lipinski definition) is 3. The van der Waals surface area contributed by atoms with Gasteiger partial charge in [0.25, 0.3) is 0 Å². The summed E-state index contributed by atoms with van der Waals surface area (Å²) in [4.78, 5) is 11.4. The van der Waals surface area contributed by atoms with E-state index in [4.69, 9.17) is 0 Å². The monoisotopic (exact) mass is 318 g/mol. The number of rotatable bonds is 2. The van der Waals surface area contributed by atoms with Gasteiger partial charge in [0.1, 0.15) is 11.6 Å². The third kappa shape index (κ3) is 3.72. The highest BCUT2D eigenvalue weighted by molar-refractivity contribution is 5.67. The predicted molar refractivity (Wildman–Crippen MR) is 64.5 cm³/mol. The molecule has 0 N–H and O–H groups in total. The Kier molecular flexibility index (Phi) is 4.30. The van der Waals surface area contributed by atoms with E-state index in [0.717, 1.165) is 24.3 Å². The van der Waals surface area contributed by atoms with E-state index in [-0.39, 0.29) is 0 Å². The van der Waals surface area contributed by atoms with Crippen LogP contribution in [0, 0.1) is 11.6 Å². The largest absolute Gasteiger partial charge is 0.519 e. The van der Waals surface area contributed by atoms with Gasteiger partial charge in [0.05, 0.1) is 5.56 Å². The maximum atomic E-state index is 13.3. The number of ether oxygens (including phenoxy) is 2. The van der Waals surface area contributed by atoms with Crippen molar-refractivity contribution in [2.75, 3.05) is 0 Å². The molecule has 3 nitrogen and oxygen atoms in total. The van der Waals surface area contributed by atoms with Crippen molar-refractivity contribution < 1.29 is 36.2 Å². The van der Waals surface area contributed by atoms with E-state index in [1.54, 1.807) is 0 Å². The number of carbonyl (C=O) groups is 1. The van der Waals surface area contributed by atoms with Gasteiger partial charge in [0.15, 0.2) is 11.6 Å². The molecule has 8 heteroatoms. The summed E-state index contributed by atoms with van der Waals surface area (Å²) in [7, 11) is 0. The van der Waals surface area contributed by atoms with Gasteiger partial charge in [-0.25, -0.2) is 13.6 Å². The average Bonchev–Trinajstić information content (AvgIpc) is 2.41. The lowest BCUT2D eigenvalue weighted by atomic mass is 10.2. The van der Waals surface area contributed by atoms with Gasteiger partial charge < -0.3 is 9.47 Å². The lowest BCUT2D eigenvalue weighted by Gasteiger charge is -2.12. The lowest BCUT2D eigenvalue weighted by Crippen LogP contribution is -2.17. The number of hydrogen-bond donors (Lipinski definition) is 0. The van der Waals surface area contributed by atoms with E-state index in [1.807, 2.05) is 0 Å². The Morgan fingerprint density at radius 3 is 2.18 bits per heavy atom. The molecule has 2 rings (SSSR count). The van der Waals surface area contributed by atoms with Gasteiger partial charge in [-0.2, -0.15) is 13.2 Å². The molecular weight excluding hydrogens is 311 g/mol. The molecule has 0 saturated carbocycles. The molecule has 0 heterocycles. The van der Waals surface area contributed by atoms with Crippen LogP contribution in [-0.2, 0) is 6.18 Å². The normalized spacial score (nSPS) is 11.1. The number of benzene rings is 2. The zero-order valence-corrected chi connectivity index (χ0v) is 10.7. The summed E-state index contributed by atoms with van der Waals surface area (Å²) in [5.41, 5.74) is -1.19. The SMILES string of the molecule is O=C(Oc1ccc(F)cc1F)Oc1ccccc1C(F)(F)F. The maximum Gasteiger partial charge on any atom is 0.519 e. The van der Waals surface area contributed by atoms with Crippen LogP contribution in [0.15, 0.2) is 42.5 Å². The van der Waals surface area contributed by atoms with Gasteiger partial charge in [0.2, 0.25) is 0 Å². The third-order valence-corrected chi connectivity index (χ3v) is 2.47. The minimum Gasteiger partial charge on any atom is -0.394 e. The predicted octanol–water partition coefficient (Wildman–Crippen LogP) is 4.56. The molecule has 0 spiro atoms. The molecule has 0 aliphatic rings. The molecule has 116 valence electrons. The van der Waals surface area contributed by atoms with E-state index in [2.05, 4.69) is 9.47 Å². The van der Waals surface area contributed by atoms with Crippen LogP contribution in [0.5, 0.6) is 11.5 Å². The second-order valence-corrected chi connectivity index (χ2v) is 4.02. The fourth-order valence-corrected chi connectivity index (χ4v) is 1.55. The molecule has 0 radical (unpaired) electrons. The second-order valence-electron chi connectivity index (χ2n) is 4.02. The molecule has 2 aromatic carbocycles. The van der Waals surface area contributed by atoms with Gasteiger partial charge in [-0.3, -0.25) is 0 Å². The second kappa shape index (κ2) is 6.00. The fourth-order valence-electron chi connectivity index (χ4n) is 1.55.